The number of sulfonamides is 1. The summed E-state index contributed by atoms with van der Waals surface area (Å²) in [7, 11) is -3.87. The zero-order chi connectivity index (χ0) is 23.6. The van der Waals surface area contributed by atoms with E-state index in [1.54, 1.807) is 12.1 Å². The van der Waals surface area contributed by atoms with Crippen molar-refractivity contribution >= 4 is 27.3 Å². The second-order valence-electron chi connectivity index (χ2n) is 8.20. The zero-order valence-corrected chi connectivity index (χ0v) is 19.4. The van der Waals surface area contributed by atoms with E-state index < -0.39 is 21.7 Å². The fourth-order valence-electron chi connectivity index (χ4n) is 4.06. The van der Waals surface area contributed by atoms with Crippen molar-refractivity contribution < 1.29 is 17.6 Å². The molecule has 0 unspecified atom stereocenters. The van der Waals surface area contributed by atoms with Crippen molar-refractivity contribution in [1.29, 1.82) is 0 Å². The number of para-hydroxylation sites is 1. The van der Waals surface area contributed by atoms with Gasteiger partial charge < -0.3 is 10.2 Å². The number of carbonyl (C=O) groups excluding carboxylic acids is 1. The fraction of sp³-hybridized carbons (Fsp3) is 0.240. The molecule has 1 fully saturated rings. The Labute approximate surface area is 193 Å². The van der Waals surface area contributed by atoms with Crippen LogP contribution in [0.2, 0.25) is 0 Å². The topological polar surface area (TPSA) is 69.7 Å². The molecule has 1 heterocycles. The molecule has 0 aromatic heterocycles. The summed E-state index contributed by atoms with van der Waals surface area (Å²) in [5.74, 6) is -1.46. The molecular formula is C25H26FN3O3S. The third-order valence-corrected chi connectivity index (χ3v) is 7.55. The Kier molecular flexibility index (Phi) is 6.49. The predicted octanol–water partition coefficient (Wildman–Crippen LogP) is 4.21. The number of hydrogen-bond acceptors (Lipinski definition) is 4. The predicted molar refractivity (Wildman–Crippen MR) is 128 cm³/mol. The van der Waals surface area contributed by atoms with Crippen molar-refractivity contribution in [3.63, 3.8) is 0 Å². The van der Waals surface area contributed by atoms with Crippen LogP contribution in [0.5, 0.6) is 0 Å². The number of halogens is 1. The van der Waals surface area contributed by atoms with Gasteiger partial charge in [0.2, 0.25) is 10.0 Å². The second kappa shape index (κ2) is 9.33. The quantitative estimate of drug-likeness (QED) is 0.611. The highest BCUT2D eigenvalue weighted by Crippen LogP contribution is 2.24. The fourth-order valence-corrected chi connectivity index (χ4v) is 5.51. The smallest absolute Gasteiger partial charge is 0.258 e. The third kappa shape index (κ3) is 5.07. The summed E-state index contributed by atoms with van der Waals surface area (Å²) in [4.78, 5) is 14.8. The number of amides is 1. The van der Waals surface area contributed by atoms with Gasteiger partial charge in [-0.25, -0.2) is 12.8 Å². The molecule has 1 N–H and O–H groups in total. The van der Waals surface area contributed by atoms with E-state index >= 15 is 0 Å². The third-order valence-electron chi connectivity index (χ3n) is 5.66. The van der Waals surface area contributed by atoms with Crippen LogP contribution in [0.3, 0.4) is 0 Å². The normalized spacial score (nSPS) is 14.8. The van der Waals surface area contributed by atoms with Gasteiger partial charge in [-0.1, -0.05) is 24.3 Å². The van der Waals surface area contributed by atoms with Gasteiger partial charge in [0.25, 0.3) is 5.91 Å². The van der Waals surface area contributed by atoms with Crippen molar-refractivity contribution in [2.75, 3.05) is 36.4 Å². The summed E-state index contributed by atoms with van der Waals surface area (Å²) in [6, 6.07) is 18.7. The van der Waals surface area contributed by atoms with Crippen molar-refractivity contribution in [3.8, 4) is 0 Å². The minimum atomic E-state index is -3.87. The summed E-state index contributed by atoms with van der Waals surface area (Å²) in [6.45, 7) is 5.49. The maximum Gasteiger partial charge on any atom is 0.258 e. The molecular weight excluding hydrogens is 441 g/mol. The monoisotopic (exact) mass is 467 g/mol. The molecule has 1 aliphatic heterocycles. The molecule has 0 spiro atoms. The number of anilines is 2. The summed E-state index contributed by atoms with van der Waals surface area (Å²) < 4.78 is 42.3. The number of aryl methyl sites for hydroxylation is 2. The average Bonchev–Trinajstić information content (AvgIpc) is 2.79. The Bertz CT molecular complexity index is 1250. The molecule has 1 amide bonds. The van der Waals surface area contributed by atoms with E-state index in [0.29, 0.717) is 31.9 Å². The van der Waals surface area contributed by atoms with Crippen molar-refractivity contribution in [1.82, 2.24) is 4.31 Å². The van der Waals surface area contributed by atoms with Gasteiger partial charge in [0, 0.05) is 37.6 Å². The summed E-state index contributed by atoms with van der Waals surface area (Å²) in [5.41, 5.74) is 3.18. The molecule has 3 aromatic carbocycles. The first-order valence-electron chi connectivity index (χ1n) is 10.7. The van der Waals surface area contributed by atoms with Crippen molar-refractivity contribution in [2.45, 2.75) is 18.7 Å². The van der Waals surface area contributed by atoms with Crippen LogP contribution in [0.15, 0.2) is 71.6 Å². The second-order valence-corrected chi connectivity index (χ2v) is 10.1. The first-order chi connectivity index (χ1) is 15.7. The van der Waals surface area contributed by atoms with E-state index in [1.807, 2.05) is 50.2 Å². The van der Waals surface area contributed by atoms with E-state index in [0.717, 1.165) is 28.9 Å². The Hall–Kier alpha value is -3.23. The van der Waals surface area contributed by atoms with Gasteiger partial charge in [-0.15, -0.1) is 0 Å². The number of benzene rings is 3. The number of hydrogen-bond donors (Lipinski definition) is 1. The van der Waals surface area contributed by atoms with Crippen LogP contribution in [0.25, 0.3) is 0 Å². The minimum Gasteiger partial charge on any atom is -0.369 e. The lowest BCUT2D eigenvalue weighted by Gasteiger charge is -2.35. The first kappa shape index (κ1) is 22.9. The lowest BCUT2D eigenvalue weighted by molar-refractivity contribution is 0.102. The molecule has 3 aromatic rings. The molecule has 33 heavy (non-hydrogen) atoms. The van der Waals surface area contributed by atoms with Gasteiger partial charge in [0.1, 0.15) is 5.82 Å². The van der Waals surface area contributed by atoms with E-state index in [1.165, 1.54) is 10.4 Å². The SMILES string of the molecule is Cc1cc(C)cc(NC(=O)c2cc(S(=O)(=O)N3CCN(c4ccccc4)CC3)ccc2F)c1. The number of rotatable bonds is 5. The van der Waals surface area contributed by atoms with Gasteiger partial charge >= 0.3 is 0 Å². The number of nitrogens with zero attached hydrogens (tertiary/aromatic N) is 2. The van der Waals surface area contributed by atoms with Crippen LogP contribution in [-0.4, -0.2) is 44.8 Å². The number of nitrogens with one attached hydrogen (secondary N) is 1. The Morgan fingerprint density at radius 2 is 1.52 bits per heavy atom. The van der Waals surface area contributed by atoms with E-state index in [-0.39, 0.29) is 10.5 Å². The van der Waals surface area contributed by atoms with Crippen LogP contribution >= 0.6 is 0 Å². The van der Waals surface area contributed by atoms with E-state index in [9.17, 15) is 17.6 Å². The lowest BCUT2D eigenvalue weighted by Crippen LogP contribution is -2.48. The average molecular weight is 468 g/mol. The van der Waals surface area contributed by atoms with Crippen LogP contribution < -0.4 is 10.2 Å². The van der Waals surface area contributed by atoms with Crippen LogP contribution in [0.1, 0.15) is 21.5 Å². The van der Waals surface area contributed by atoms with Gasteiger partial charge in [0.15, 0.2) is 0 Å². The highest BCUT2D eigenvalue weighted by Gasteiger charge is 2.30. The molecule has 1 aliphatic rings. The van der Waals surface area contributed by atoms with E-state index in [4.69, 9.17) is 0 Å². The first-order valence-corrected chi connectivity index (χ1v) is 12.2. The van der Waals surface area contributed by atoms with Gasteiger partial charge in [-0.2, -0.15) is 4.31 Å². The van der Waals surface area contributed by atoms with Crippen LogP contribution in [0.4, 0.5) is 15.8 Å². The molecule has 0 saturated carbocycles. The molecule has 0 atom stereocenters. The lowest BCUT2D eigenvalue weighted by atomic mass is 10.1. The van der Waals surface area contributed by atoms with Gasteiger partial charge in [0.05, 0.1) is 10.5 Å². The van der Waals surface area contributed by atoms with Crippen molar-refractivity contribution in [2.24, 2.45) is 0 Å². The molecule has 172 valence electrons. The minimum absolute atomic E-state index is 0.0948. The maximum atomic E-state index is 14.5. The molecule has 0 radical (unpaired) electrons. The Balaban J connectivity index is 1.52. The summed E-state index contributed by atoms with van der Waals surface area (Å²) >= 11 is 0. The zero-order valence-electron chi connectivity index (χ0n) is 18.6. The molecule has 0 aliphatic carbocycles. The number of carbonyl (C=O) groups is 1. The van der Waals surface area contributed by atoms with Gasteiger partial charge in [-0.05, 0) is 67.4 Å². The highest BCUT2D eigenvalue weighted by molar-refractivity contribution is 7.89. The Morgan fingerprint density at radius 3 is 2.15 bits per heavy atom. The number of piperazine rings is 1. The molecule has 4 rings (SSSR count). The standard InChI is InChI=1S/C25H26FN3O3S/c1-18-14-19(2)16-20(15-18)27-25(30)23-17-22(8-9-24(23)26)33(31,32)29-12-10-28(11-13-29)21-6-4-3-5-7-21/h3-9,14-17H,10-13H2,1-2H3,(H,27,30). The summed E-state index contributed by atoms with van der Waals surface area (Å²) in [6.07, 6.45) is 0. The molecule has 6 nitrogen and oxygen atoms in total. The molecule has 0 bridgehead atoms. The van der Waals surface area contributed by atoms with E-state index in [2.05, 4.69) is 10.2 Å². The van der Waals surface area contributed by atoms with Crippen molar-refractivity contribution in [3.05, 3.63) is 89.2 Å². The molecule has 8 heteroatoms. The Morgan fingerprint density at radius 1 is 0.879 bits per heavy atom. The van der Waals surface area contributed by atoms with Crippen LogP contribution in [0, 0.1) is 19.7 Å². The molecule has 1 saturated heterocycles. The van der Waals surface area contributed by atoms with Crippen LogP contribution in [-0.2, 0) is 10.0 Å². The maximum absolute atomic E-state index is 14.5. The largest absolute Gasteiger partial charge is 0.369 e. The highest BCUT2D eigenvalue weighted by atomic mass is 32.2. The van der Waals surface area contributed by atoms with Gasteiger partial charge in [-0.3, -0.25) is 4.79 Å². The summed E-state index contributed by atoms with van der Waals surface area (Å²) in [5, 5.41) is 2.67.